The van der Waals surface area contributed by atoms with E-state index in [1.165, 1.54) is 0 Å². The maximum absolute atomic E-state index is 5.85. The van der Waals surface area contributed by atoms with E-state index in [-0.39, 0.29) is 5.92 Å². The molecule has 4 nitrogen and oxygen atoms in total. The number of nitrogen functional groups attached to an aromatic ring is 1. The van der Waals surface area contributed by atoms with Crippen molar-refractivity contribution in [2.45, 2.75) is 26.7 Å². The number of rotatable bonds is 2. The second-order valence-electron chi connectivity index (χ2n) is 4.41. The number of pyridine rings is 1. The Morgan fingerprint density at radius 3 is 2.65 bits per heavy atom. The molecule has 0 aliphatic rings. The summed E-state index contributed by atoms with van der Waals surface area (Å²) in [7, 11) is 0. The summed E-state index contributed by atoms with van der Waals surface area (Å²) >= 11 is 0. The highest BCUT2D eigenvalue weighted by molar-refractivity contribution is 5.54. The van der Waals surface area contributed by atoms with E-state index in [1.807, 2.05) is 19.1 Å². The van der Waals surface area contributed by atoms with Gasteiger partial charge in [0, 0.05) is 6.20 Å². The minimum absolute atomic E-state index is 0.279. The van der Waals surface area contributed by atoms with Crippen LogP contribution in [0, 0.1) is 6.92 Å². The van der Waals surface area contributed by atoms with Crippen molar-refractivity contribution in [3.05, 3.63) is 35.8 Å². The van der Waals surface area contributed by atoms with E-state index in [2.05, 4.69) is 28.8 Å². The third-order valence-corrected chi connectivity index (χ3v) is 2.54. The number of anilines is 1. The first-order valence-corrected chi connectivity index (χ1v) is 5.63. The predicted molar refractivity (Wildman–Crippen MR) is 68.5 cm³/mol. The van der Waals surface area contributed by atoms with Crippen LogP contribution in [0.1, 0.15) is 31.0 Å². The van der Waals surface area contributed by atoms with Crippen LogP contribution in [-0.2, 0) is 0 Å². The van der Waals surface area contributed by atoms with Crippen LogP contribution in [0.3, 0.4) is 0 Å². The molecule has 0 aliphatic heterocycles. The average Bonchev–Trinajstić information content (AvgIpc) is 2.29. The van der Waals surface area contributed by atoms with E-state index in [1.54, 1.807) is 12.4 Å². The number of nitrogens with two attached hydrogens (primary N) is 1. The normalized spacial score (nSPS) is 10.8. The lowest BCUT2D eigenvalue weighted by Gasteiger charge is -2.09. The van der Waals surface area contributed by atoms with Gasteiger partial charge in [0.2, 0.25) is 0 Å². The van der Waals surface area contributed by atoms with Gasteiger partial charge in [-0.2, -0.15) is 0 Å². The Kier molecular flexibility index (Phi) is 3.04. The van der Waals surface area contributed by atoms with Gasteiger partial charge in [-0.3, -0.25) is 4.98 Å². The Morgan fingerprint density at radius 1 is 1.24 bits per heavy atom. The van der Waals surface area contributed by atoms with Crippen molar-refractivity contribution < 1.29 is 0 Å². The molecule has 17 heavy (non-hydrogen) atoms. The second-order valence-corrected chi connectivity index (χ2v) is 4.41. The zero-order chi connectivity index (χ0) is 12.4. The van der Waals surface area contributed by atoms with Gasteiger partial charge in [0.25, 0.3) is 0 Å². The SMILES string of the molecule is Cc1ccnc(-c2ncc(N)c(C(C)C)n2)c1. The summed E-state index contributed by atoms with van der Waals surface area (Å²) in [4.78, 5) is 13.0. The summed E-state index contributed by atoms with van der Waals surface area (Å²) in [5.41, 5.74) is 9.29. The molecule has 0 saturated heterocycles. The Bertz CT molecular complexity index is 535. The highest BCUT2D eigenvalue weighted by atomic mass is 14.9. The molecular formula is C13H16N4. The Labute approximate surface area is 101 Å². The fourth-order valence-corrected chi connectivity index (χ4v) is 1.65. The fraction of sp³-hybridized carbons (Fsp3) is 0.308. The van der Waals surface area contributed by atoms with E-state index in [4.69, 9.17) is 5.73 Å². The largest absolute Gasteiger partial charge is 0.396 e. The number of hydrogen-bond donors (Lipinski definition) is 1. The van der Waals surface area contributed by atoms with Crippen LogP contribution in [0.5, 0.6) is 0 Å². The van der Waals surface area contributed by atoms with Crippen LogP contribution in [0.25, 0.3) is 11.5 Å². The molecule has 0 spiro atoms. The van der Waals surface area contributed by atoms with Crippen LogP contribution in [-0.4, -0.2) is 15.0 Å². The minimum atomic E-state index is 0.279. The zero-order valence-electron chi connectivity index (χ0n) is 10.3. The molecule has 0 bridgehead atoms. The third kappa shape index (κ3) is 2.41. The van der Waals surface area contributed by atoms with Crippen molar-refractivity contribution in [3.63, 3.8) is 0 Å². The number of aromatic nitrogens is 3. The van der Waals surface area contributed by atoms with Crippen molar-refractivity contribution in [1.82, 2.24) is 15.0 Å². The maximum atomic E-state index is 5.85. The summed E-state index contributed by atoms with van der Waals surface area (Å²) in [6, 6.07) is 3.92. The summed E-state index contributed by atoms with van der Waals surface area (Å²) in [6.07, 6.45) is 3.42. The standard InChI is InChI=1S/C13H16N4/c1-8(2)12-10(14)7-16-13(17-12)11-6-9(3)4-5-15-11/h4-8H,14H2,1-3H3. The number of aryl methyl sites for hydroxylation is 1. The lowest BCUT2D eigenvalue weighted by atomic mass is 10.1. The van der Waals surface area contributed by atoms with Gasteiger partial charge in [0.15, 0.2) is 5.82 Å². The van der Waals surface area contributed by atoms with E-state index in [0.29, 0.717) is 11.5 Å². The van der Waals surface area contributed by atoms with Crippen molar-refractivity contribution in [3.8, 4) is 11.5 Å². The highest BCUT2D eigenvalue weighted by Gasteiger charge is 2.10. The molecule has 0 radical (unpaired) electrons. The van der Waals surface area contributed by atoms with E-state index in [9.17, 15) is 0 Å². The summed E-state index contributed by atoms with van der Waals surface area (Å²) in [5.74, 6) is 0.910. The molecule has 2 aromatic heterocycles. The number of hydrogen-bond acceptors (Lipinski definition) is 4. The van der Waals surface area contributed by atoms with Gasteiger partial charge >= 0.3 is 0 Å². The van der Waals surface area contributed by atoms with E-state index in [0.717, 1.165) is 17.0 Å². The fourth-order valence-electron chi connectivity index (χ4n) is 1.65. The lowest BCUT2D eigenvalue weighted by molar-refractivity contribution is 0.820. The molecule has 0 fully saturated rings. The molecule has 0 amide bonds. The Hall–Kier alpha value is -1.97. The van der Waals surface area contributed by atoms with Gasteiger partial charge in [-0.05, 0) is 30.5 Å². The predicted octanol–water partition coefficient (Wildman–Crippen LogP) is 2.55. The molecule has 88 valence electrons. The van der Waals surface area contributed by atoms with E-state index < -0.39 is 0 Å². The number of nitrogens with zero attached hydrogens (tertiary/aromatic N) is 3. The molecule has 2 aromatic rings. The smallest absolute Gasteiger partial charge is 0.178 e. The first-order chi connectivity index (χ1) is 8.08. The van der Waals surface area contributed by atoms with Crippen LogP contribution >= 0.6 is 0 Å². The second kappa shape index (κ2) is 4.49. The highest BCUT2D eigenvalue weighted by Crippen LogP contribution is 2.21. The first kappa shape index (κ1) is 11.5. The van der Waals surface area contributed by atoms with Crippen LogP contribution in [0.2, 0.25) is 0 Å². The maximum Gasteiger partial charge on any atom is 0.178 e. The van der Waals surface area contributed by atoms with Gasteiger partial charge in [0.1, 0.15) is 5.69 Å². The van der Waals surface area contributed by atoms with Gasteiger partial charge in [-0.25, -0.2) is 9.97 Å². The van der Waals surface area contributed by atoms with Crippen molar-refractivity contribution in [2.75, 3.05) is 5.73 Å². The third-order valence-electron chi connectivity index (χ3n) is 2.54. The van der Waals surface area contributed by atoms with Gasteiger partial charge in [-0.15, -0.1) is 0 Å². The first-order valence-electron chi connectivity index (χ1n) is 5.63. The average molecular weight is 228 g/mol. The van der Waals surface area contributed by atoms with Crippen molar-refractivity contribution in [2.24, 2.45) is 0 Å². The van der Waals surface area contributed by atoms with E-state index >= 15 is 0 Å². The molecule has 0 unspecified atom stereocenters. The minimum Gasteiger partial charge on any atom is -0.396 e. The van der Waals surface area contributed by atoms with Crippen LogP contribution in [0.4, 0.5) is 5.69 Å². The molecular weight excluding hydrogens is 212 g/mol. The lowest BCUT2D eigenvalue weighted by Crippen LogP contribution is -2.03. The van der Waals surface area contributed by atoms with Gasteiger partial charge in [-0.1, -0.05) is 13.8 Å². The Balaban J connectivity index is 2.50. The topological polar surface area (TPSA) is 64.7 Å². The quantitative estimate of drug-likeness (QED) is 0.857. The van der Waals surface area contributed by atoms with Crippen molar-refractivity contribution in [1.29, 1.82) is 0 Å². The summed E-state index contributed by atoms with van der Waals surface area (Å²) in [6.45, 7) is 6.14. The molecule has 2 rings (SSSR count). The molecule has 2 heterocycles. The van der Waals surface area contributed by atoms with Gasteiger partial charge in [0.05, 0.1) is 17.6 Å². The molecule has 0 saturated carbocycles. The van der Waals surface area contributed by atoms with Crippen LogP contribution in [0.15, 0.2) is 24.5 Å². The Morgan fingerprint density at radius 2 is 2.00 bits per heavy atom. The monoisotopic (exact) mass is 228 g/mol. The molecule has 2 N–H and O–H groups in total. The molecule has 0 aliphatic carbocycles. The molecule has 0 aromatic carbocycles. The molecule has 4 heteroatoms. The molecule has 0 atom stereocenters. The zero-order valence-corrected chi connectivity index (χ0v) is 10.3. The van der Waals surface area contributed by atoms with Crippen LogP contribution < -0.4 is 5.73 Å². The summed E-state index contributed by atoms with van der Waals surface area (Å²) < 4.78 is 0. The van der Waals surface area contributed by atoms with Gasteiger partial charge < -0.3 is 5.73 Å². The van der Waals surface area contributed by atoms with Crippen molar-refractivity contribution >= 4 is 5.69 Å². The summed E-state index contributed by atoms with van der Waals surface area (Å²) in [5, 5.41) is 0.